The highest BCUT2D eigenvalue weighted by Gasteiger charge is 2.23. The Kier molecular flexibility index (Phi) is 7.75. The van der Waals surface area contributed by atoms with E-state index >= 15 is 0 Å². The molecule has 1 heterocycles. The molecule has 144 valence electrons. The first-order valence-corrected chi connectivity index (χ1v) is 9.51. The summed E-state index contributed by atoms with van der Waals surface area (Å²) in [5.74, 6) is 2.61. The number of hydrogen-bond acceptors (Lipinski definition) is 3. The van der Waals surface area contributed by atoms with Crippen LogP contribution in [0.25, 0.3) is 0 Å². The van der Waals surface area contributed by atoms with Gasteiger partial charge in [0.2, 0.25) is 0 Å². The molecule has 1 amide bonds. The average molecular weight is 361 g/mol. The largest absolute Gasteiger partial charge is 0.484 e. The molecule has 0 saturated carbocycles. The Morgan fingerprint density at radius 2 is 1.92 bits per heavy atom. The van der Waals surface area contributed by atoms with Crippen molar-refractivity contribution in [1.82, 2.24) is 10.2 Å². The van der Waals surface area contributed by atoms with E-state index in [2.05, 4.69) is 31.0 Å². The molecule has 26 heavy (non-hydrogen) atoms. The SMILES string of the molecule is CCNC(=NCCc1ccc(OCC(N)=O)cc1)N1CC(C)CC(C)C1. The third kappa shape index (κ3) is 6.58. The number of rotatable bonds is 7. The number of ether oxygens (including phenoxy) is 1. The topological polar surface area (TPSA) is 80.0 Å². The molecule has 1 aliphatic heterocycles. The van der Waals surface area contributed by atoms with Gasteiger partial charge in [-0.25, -0.2) is 0 Å². The van der Waals surface area contributed by atoms with Crippen LogP contribution in [0.3, 0.4) is 0 Å². The van der Waals surface area contributed by atoms with Crippen LogP contribution in [-0.2, 0) is 11.2 Å². The number of benzene rings is 1. The van der Waals surface area contributed by atoms with Crippen molar-refractivity contribution in [2.24, 2.45) is 22.6 Å². The number of primary amides is 1. The van der Waals surface area contributed by atoms with Gasteiger partial charge < -0.3 is 20.7 Å². The van der Waals surface area contributed by atoms with Crippen LogP contribution in [0.4, 0.5) is 0 Å². The zero-order valence-corrected chi connectivity index (χ0v) is 16.2. The van der Waals surface area contributed by atoms with Crippen LogP contribution in [0.15, 0.2) is 29.3 Å². The highest BCUT2D eigenvalue weighted by atomic mass is 16.5. The summed E-state index contributed by atoms with van der Waals surface area (Å²) in [6.07, 6.45) is 2.16. The minimum Gasteiger partial charge on any atom is -0.484 e. The molecule has 2 atom stereocenters. The van der Waals surface area contributed by atoms with Crippen molar-refractivity contribution in [2.45, 2.75) is 33.6 Å². The summed E-state index contributed by atoms with van der Waals surface area (Å²) in [5, 5.41) is 3.43. The van der Waals surface area contributed by atoms with Crippen LogP contribution in [0.1, 0.15) is 32.8 Å². The standard InChI is InChI=1S/C20H32N4O2/c1-4-22-20(24-12-15(2)11-16(3)13-24)23-10-9-17-5-7-18(8-6-17)26-14-19(21)25/h5-8,15-16H,4,9-14H2,1-3H3,(H2,21,25)(H,22,23). The van der Waals surface area contributed by atoms with Gasteiger partial charge >= 0.3 is 0 Å². The molecule has 2 unspecified atom stereocenters. The van der Waals surface area contributed by atoms with E-state index in [1.165, 1.54) is 12.0 Å². The quantitative estimate of drug-likeness (QED) is 0.576. The molecular formula is C20H32N4O2. The summed E-state index contributed by atoms with van der Waals surface area (Å²) < 4.78 is 5.28. The van der Waals surface area contributed by atoms with Gasteiger partial charge in [0.15, 0.2) is 12.6 Å². The highest BCUT2D eigenvalue weighted by molar-refractivity contribution is 5.80. The van der Waals surface area contributed by atoms with E-state index in [9.17, 15) is 4.79 Å². The Morgan fingerprint density at radius 3 is 2.50 bits per heavy atom. The van der Waals surface area contributed by atoms with E-state index in [-0.39, 0.29) is 6.61 Å². The van der Waals surface area contributed by atoms with Crippen LogP contribution in [0, 0.1) is 11.8 Å². The van der Waals surface area contributed by atoms with Crippen LogP contribution in [0.5, 0.6) is 5.75 Å². The third-order valence-electron chi connectivity index (χ3n) is 4.47. The molecule has 0 aliphatic carbocycles. The Bertz CT molecular complexity index is 590. The second-order valence-electron chi connectivity index (χ2n) is 7.24. The summed E-state index contributed by atoms with van der Waals surface area (Å²) in [7, 11) is 0. The molecule has 1 aromatic rings. The maximum Gasteiger partial charge on any atom is 0.255 e. The molecule has 1 saturated heterocycles. The maximum absolute atomic E-state index is 10.7. The number of nitrogens with two attached hydrogens (primary N) is 1. The predicted octanol–water partition coefficient (Wildman–Crippen LogP) is 2.04. The smallest absolute Gasteiger partial charge is 0.255 e. The summed E-state index contributed by atoms with van der Waals surface area (Å²) >= 11 is 0. The maximum atomic E-state index is 10.7. The third-order valence-corrected chi connectivity index (χ3v) is 4.47. The second kappa shape index (κ2) is 10.0. The summed E-state index contributed by atoms with van der Waals surface area (Å²) in [6, 6.07) is 7.73. The first-order valence-electron chi connectivity index (χ1n) is 9.51. The Hall–Kier alpha value is -2.24. The van der Waals surface area contributed by atoms with Gasteiger partial charge in [-0.3, -0.25) is 9.79 Å². The van der Waals surface area contributed by atoms with E-state index in [1.54, 1.807) is 0 Å². The monoisotopic (exact) mass is 360 g/mol. The van der Waals surface area contributed by atoms with E-state index in [0.717, 1.165) is 38.6 Å². The molecule has 2 rings (SSSR count). The number of carbonyl (C=O) groups excluding carboxylic acids is 1. The lowest BCUT2D eigenvalue weighted by Gasteiger charge is -2.37. The number of hydrogen-bond donors (Lipinski definition) is 2. The fraction of sp³-hybridized carbons (Fsp3) is 0.600. The average Bonchev–Trinajstić information content (AvgIpc) is 2.59. The predicted molar refractivity (Wildman–Crippen MR) is 105 cm³/mol. The van der Waals surface area contributed by atoms with Gasteiger partial charge in [-0.15, -0.1) is 0 Å². The number of nitrogens with zero attached hydrogens (tertiary/aromatic N) is 2. The molecule has 1 aliphatic rings. The minimum absolute atomic E-state index is 0.0949. The van der Waals surface area contributed by atoms with Gasteiger partial charge in [0.25, 0.3) is 5.91 Å². The van der Waals surface area contributed by atoms with Gasteiger partial charge in [-0.2, -0.15) is 0 Å². The van der Waals surface area contributed by atoms with E-state index in [0.29, 0.717) is 17.6 Å². The number of guanidine groups is 1. The van der Waals surface area contributed by atoms with Crippen LogP contribution in [-0.4, -0.2) is 49.6 Å². The zero-order valence-electron chi connectivity index (χ0n) is 16.2. The lowest BCUT2D eigenvalue weighted by Crippen LogP contribution is -2.48. The molecule has 6 nitrogen and oxygen atoms in total. The first kappa shape index (κ1) is 20.1. The van der Waals surface area contributed by atoms with Crippen molar-refractivity contribution in [3.05, 3.63) is 29.8 Å². The molecule has 0 bridgehead atoms. The normalized spacial score (nSPS) is 20.7. The molecule has 0 spiro atoms. The van der Waals surface area contributed by atoms with Gasteiger partial charge in [0.1, 0.15) is 5.75 Å². The number of aliphatic imine (C=N–C) groups is 1. The lowest BCUT2D eigenvalue weighted by molar-refractivity contribution is -0.119. The highest BCUT2D eigenvalue weighted by Crippen LogP contribution is 2.21. The zero-order chi connectivity index (χ0) is 18.9. The minimum atomic E-state index is -0.472. The van der Waals surface area contributed by atoms with Crippen molar-refractivity contribution in [2.75, 3.05) is 32.8 Å². The van der Waals surface area contributed by atoms with Gasteiger partial charge in [0.05, 0.1) is 0 Å². The molecular weight excluding hydrogens is 328 g/mol. The number of nitrogens with one attached hydrogen (secondary N) is 1. The molecule has 6 heteroatoms. The number of carbonyl (C=O) groups is 1. The van der Waals surface area contributed by atoms with E-state index < -0.39 is 5.91 Å². The lowest BCUT2D eigenvalue weighted by atomic mass is 9.92. The second-order valence-corrected chi connectivity index (χ2v) is 7.24. The van der Waals surface area contributed by atoms with Crippen LogP contribution >= 0.6 is 0 Å². The van der Waals surface area contributed by atoms with Gasteiger partial charge in [0, 0.05) is 26.2 Å². The molecule has 1 fully saturated rings. The van der Waals surface area contributed by atoms with Crippen molar-refractivity contribution >= 4 is 11.9 Å². The summed E-state index contributed by atoms with van der Waals surface area (Å²) in [5.41, 5.74) is 6.27. The van der Waals surface area contributed by atoms with Crippen molar-refractivity contribution in [1.29, 1.82) is 0 Å². The van der Waals surface area contributed by atoms with Gasteiger partial charge in [-0.05, 0) is 49.3 Å². The Balaban J connectivity index is 1.90. The molecule has 0 aromatic heterocycles. The van der Waals surface area contributed by atoms with E-state index in [4.69, 9.17) is 15.5 Å². The van der Waals surface area contributed by atoms with Crippen molar-refractivity contribution in [3.8, 4) is 5.75 Å². The number of likely N-dealkylation sites (tertiary alicyclic amines) is 1. The first-order chi connectivity index (χ1) is 12.5. The fourth-order valence-corrected chi connectivity index (χ4v) is 3.46. The van der Waals surface area contributed by atoms with E-state index in [1.807, 2.05) is 24.3 Å². The number of piperidine rings is 1. The van der Waals surface area contributed by atoms with Crippen LogP contribution in [0.2, 0.25) is 0 Å². The fourth-order valence-electron chi connectivity index (χ4n) is 3.46. The summed E-state index contributed by atoms with van der Waals surface area (Å²) in [4.78, 5) is 18.0. The molecule has 0 radical (unpaired) electrons. The molecule has 1 aromatic carbocycles. The number of amides is 1. The van der Waals surface area contributed by atoms with Crippen LogP contribution < -0.4 is 15.8 Å². The van der Waals surface area contributed by atoms with Crippen molar-refractivity contribution in [3.63, 3.8) is 0 Å². The summed E-state index contributed by atoms with van der Waals surface area (Å²) in [6.45, 7) is 10.4. The Morgan fingerprint density at radius 1 is 1.27 bits per heavy atom. The molecule has 3 N–H and O–H groups in total. The van der Waals surface area contributed by atoms with Crippen molar-refractivity contribution < 1.29 is 9.53 Å². The Labute approximate surface area is 156 Å². The van der Waals surface area contributed by atoms with Gasteiger partial charge in [-0.1, -0.05) is 26.0 Å².